The van der Waals surface area contributed by atoms with Gasteiger partial charge in [0.2, 0.25) is 0 Å². The van der Waals surface area contributed by atoms with Crippen molar-refractivity contribution in [1.82, 2.24) is 0 Å². The van der Waals surface area contributed by atoms with Gasteiger partial charge in [-0.3, -0.25) is 0 Å². The van der Waals surface area contributed by atoms with E-state index in [1.807, 2.05) is 34.0 Å². The number of aryl methyl sites for hydroxylation is 1. The lowest BCUT2D eigenvalue weighted by Crippen LogP contribution is -2.43. The molecule has 3 aromatic heterocycles. The number of benzene rings is 1. The first-order valence-electron chi connectivity index (χ1n) is 10.8. The summed E-state index contributed by atoms with van der Waals surface area (Å²) in [6.45, 7) is 11.9. The van der Waals surface area contributed by atoms with Gasteiger partial charge in [0.05, 0.1) is 14.1 Å². The second-order valence-electron chi connectivity index (χ2n) is 9.53. The van der Waals surface area contributed by atoms with E-state index in [9.17, 15) is 0 Å². The lowest BCUT2D eigenvalue weighted by molar-refractivity contribution is 0.354. The van der Waals surface area contributed by atoms with Gasteiger partial charge in [0, 0.05) is 39.3 Å². The van der Waals surface area contributed by atoms with Crippen LogP contribution in [0.5, 0.6) is 0 Å². The summed E-state index contributed by atoms with van der Waals surface area (Å²) in [5, 5.41) is 2.41. The van der Waals surface area contributed by atoms with E-state index in [1.165, 1.54) is 60.7 Å². The van der Waals surface area contributed by atoms with E-state index in [1.54, 1.807) is 16.8 Å². The summed E-state index contributed by atoms with van der Waals surface area (Å²) in [5.74, 6) is 2.26. The summed E-state index contributed by atoms with van der Waals surface area (Å²) in [6.07, 6.45) is 2.47. The van der Waals surface area contributed by atoms with Crippen molar-refractivity contribution in [3.63, 3.8) is 0 Å². The van der Waals surface area contributed by atoms with Gasteiger partial charge in [0.1, 0.15) is 0 Å². The van der Waals surface area contributed by atoms with Gasteiger partial charge in [-0.1, -0.05) is 20.8 Å². The molecule has 2 atom stereocenters. The van der Waals surface area contributed by atoms with Crippen molar-refractivity contribution < 1.29 is 0 Å². The molecule has 0 saturated heterocycles. The van der Waals surface area contributed by atoms with Crippen LogP contribution >= 0.6 is 34.0 Å². The predicted molar refractivity (Wildman–Crippen MR) is 132 cm³/mol. The van der Waals surface area contributed by atoms with Gasteiger partial charge in [0.25, 0.3) is 0 Å². The van der Waals surface area contributed by atoms with Crippen molar-refractivity contribution in [2.24, 2.45) is 17.8 Å². The van der Waals surface area contributed by atoms with Crippen molar-refractivity contribution >= 4 is 58.5 Å². The molecule has 2 aliphatic rings. The Morgan fingerprint density at radius 1 is 0.966 bits per heavy atom. The molecular formula is C25H27NS3. The highest BCUT2D eigenvalue weighted by Crippen LogP contribution is 2.49. The van der Waals surface area contributed by atoms with Crippen LogP contribution in [0, 0.1) is 24.7 Å². The Hall–Kier alpha value is -1.36. The van der Waals surface area contributed by atoms with Crippen LogP contribution in [0.25, 0.3) is 29.9 Å². The number of nitrogens with zero attached hydrogens (tertiary/aromatic N) is 1. The number of fused-ring (bicyclic) bond motifs is 3. The minimum atomic E-state index is 0.743. The zero-order chi connectivity index (χ0) is 19.9. The molecule has 29 heavy (non-hydrogen) atoms. The summed E-state index contributed by atoms with van der Waals surface area (Å²) in [4.78, 5) is 4.14. The lowest BCUT2D eigenvalue weighted by Gasteiger charge is -2.43. The highest BCUT2D eigenvalue weighted by molar-refractivity contribution is 7.38. The monoisotopic (exact) mass is 437 g/mol. The van der Waals surface area contributed by atoms with Gasteiger partial charge in [0.15, 0.2) is 0 Å². The van der Waals surface area contributed by atoms with Gasteiger partial charge < -0.3 is 4.90 Å². The average molecular weight is 438 g/mol. The maximum atomic E-state index is 2.71. The Morgan fingerprint density at radius 2 is 1.76 bits per heavy atom. The molecule has 1 aromatic carbocycles. The summed E-state index contributed by atoms with van der Waals surface area (Å²) < 4.78 is 5.96. The Labute approximate surface area is 185 Å². The maximum Gasteiger partial charge on any atom is 0.0635 e. The van der Waals surface area contributed by atoms with Gasteiger partial charge in [-0.15, -0.1) is 34.0 Å². The third kappa shape index (κ3) is 2.83. The Balaban J connectivity index is 1.53. The van der Waals surface area contributed by atoms with Crippen LogP contribution in [0.4, 0.5) is 5.69 Å². The maximum absolute atomic E-state index is 2.71. The standard InChI is InChI=1S/C25H27NS3/c1-13(2)19-9-18-8-16(7-17-5-14(3)10-26(11-19)22(17)18)20-12-27-25-23(20)29-21-6-15(4)28-24(21)25/h6-8,12-14,19H,5,9-11H2,1-4H3. The minimum absolute atomic E-state index is 0.743. The summed E-state index contributed by atoms with van der Waals surface area (Å²) in [5.41, 5.74) is 7.69. The fraction of sp³-hybridized carbons (Fsp3) is 0.440. The van der Waals surface area contributed by atoms with E-state index in [-0.39, 0.29) is 0 Å². The molecule has 0 spiro atoms. The molecule has 5 heterocycles. The van der Waals surface area contributed by atoms with Crippen LogP contribution in [0.1, 0.15) is 36.8 Å². The largest absolute Gasteiger partial charge is 0.371 e. The third-order valence-electron chi connectivity index (χ3n) is 6.86. The molecule has 0 N–H and O–H groups in total. The molecule has 1 nitrogen and oxygen atoms in total. The summed E-state index contributed by atoms with van der Waals surface area (Å²) >= 11 is 5.89. The van der Waals surface area contributed by atoms with E-state index in [0.717, 1.165) is 17.8 Å². The Morgan fingerprint density at radius 3 is 2.55 bits per heavy atom. The second kappa shape index (κ2) is 6.57. The molecule has 0 radical (unpaired) electrons. The van der Waals surface area contributed by atoms with Crippen molar-refractivity contribution in [2.75, 3.05) is 18.0 Å². The van der Waals surface area contributed by atoms with E-state index in [4.69, 9.17) is 0 Å². The molecule has 150 valence electrons. The molecule has 0 aliphatic carbocycles. The zero-order valence-electron chi connectivity index (χ0n) is 17.5. The van der Waals surface area contributed by atoms with Gasteiger partial charge in [-0.2, -0.15) is 0 Å². The van der Waals surface area contributed by atoms with Crippen LogP contribution in [-0.2, 0) is 12.8 Å². The van der Waals surface area contributed by atoms with E-state index >= 15 is 0 Å². The topological polar surface area (TPSA) is 3.24 Å². The molecule has 0 amide bonds. The number of hydrogen-bond acceptors (Lipinski definition) is 4. The van der Waals surface area contributed by atoms with E-state index < -0.39 is 0 Å². The predicted octanol–water partition coefficient (Wildman–Crippen LogP) is 7.98. The van der Waals surface area contributed by atoms with E-state index in [0.29, 0.717) is 0 Å². The van der Waals surface area contributed by atoms with Crippen LogP contribution in [0.15, 0.2) is 23.6 Å². The molecule has 4 aromatic rings. The van der Waals surface area contributed by atoms with Crippen LogP contribution in [-0.4, -0.2) is 13.1 Å². The number of anilines is 1. The highest BCUT2D eigenvalue weighted by Gasteiger charge is 2.33. The average Bonchev–Trinajstić information content (AvgIpc) is 3.31. The molecule has 0 bridgehead atoms. The van der Waals surface area contributed by atoms with Crippen molar-refractivity contribution in [3.8, 4) is 11.1 Å². The molecule has 2 aliphatic heterocycles. The SMILES string of the molecule is Cc1cc2sc3c(-c4cc5c6c(c4)CC(C(C)C)CN6CC(C)C5)csc3c2s1. The van der Waals surface area contributed by atoms with Crippen LogP contribution in [0.2, 0.25) is 0 Å². The number of thiophene rings is 3. The second-order valence-corrected chi connectivity index (χ2v) is 12.7. The van der Waals surface area contributed by atoms with Crippen molar-refractivity contribution in [3.05, 3.63) is 39.6 Å². The smallest absolute Gasteiger partial charge is 0.0635 e. The minimum Gasteiger partial charge on any atom is -0.371 e. The van der Waals surface area contributed by atoms with Gasteiger partial charge >= 0.3 is 0 Å². The first-order valence-corrected chi connectivity index (χ1v) is 13.3. The molecule has 0 fully saturated rings. The normalized spacial score (nSPS) is 21.5. The summed E-state index contributed by atoms with van der Waals surface area (Å²) in [6, 6.07) is 7.43. The first-order chi connectivity index (χ1) is 14.0. The third-order valence-corrected chi connectivity index (χ3v) is 10.5. The van der Waals surface area contributed by atoms with E-state index in [2.05, 4.69) is 56.2 Å². The quantitative estimate of drug-likeness (QED) is 0.307. The first kappa shape index (κ1) is 18.4. The fourth-order valence-electron chi connectivity index (χ4n) is 5.42. The molecular weight excluding hydrogens is 410 g/mol. The Kier molecular flexibility index (Phi) is 4.17. The number of hydrogen-bond donors (Lipinski definition) is 0. The van der Waals surface area contributed by atoms with Crippen LogP contribution < -0.4 is 4.90 Å². The van der Waals surface area contributed by atoms with Gasteiger partial charge in [-0.05, 0) is 72.4 Å². The van der Waals surface area contributed by atoms with Gasteiger partial charge in [-0.25, -0.2) is 0 Å². The summed E-state index contributed by atoms with van der Waals surface area (Å²) in [7, 11) is 0. The lowest BCUT2D eigenvalue weighted by atomic mass is 9.79. The fourth-order valence-corrected chi connectivity index (χ4v) is 9.40. The van der Waals surface area contributed by atoms with Crippen molar-refractivity contribution in [2.45, 2.75) is 40.5 Å². The Bertz CT molecular complexity index is 1240. The highest BCUT2D eigenvalue weighted by atomic mass is 32.1. The zero-order valence-corrected chi connectivity index (χ0v) is 20.0. The number of rotatable bonds is 2. The molecule has 0 saturated carbocycles. The molecule has 4 heteroatoms. The molecule has 6 rings (SSSR count). The molecule has 2 unspecified atom stereocenters. The van der Waals surface area contributed by atoms with Crippen LogP contribution in [0.3, 0.4) is 0 Å². The van der Waals surface area contributed by atoms with Crippen molar-refractivity contribution in [1.29, 1.82) is 0 Å².